The minimum Gasteiger partial charge on any atom is -0.478 e. The van der Waals surface area contributed by atoms with Crippen LogP contribution in [0.15, 0.2) is 71.9 Å². The van der Waals surface area contributed by atoms with Gasteiger partial charge in [0.2, 0.25) is 0 Å². The average Bonchev–Trinajstić information content (AvgIpc) is 3.26. The molecule has 2 rings (SSSR count). The number of carboxylic acid groups (broad SMARTS) is 1. The number of ether oxygens (including phenoxy) is 1. The molecule has 2 aliphatic rings. The van der Waals surface area contributed by atoms with Crippen LogP contribution >= 0.6 is 0 Å². The van der Waals surface area contributed by atoms with E-state index in [0.29, 0.717) is 12.2 Å². The third kappa shape index (κ3) is 7.09. The van der Waals surface area contributed by atoms with Crippen molar-refractivity contribution in [2.75, 3.05) is 6.61 Å². The fourth-order valence-electron chi connectivity index (χ4n) is 2.07. The van der Waals surface area contributed by atoms with E-state index >= 15 is 0 Å². The molecule has 24 heavy (non-hydrogen) atoms. The molecule has 1 N–H and O–H groups in total. The predicted molar refractivity (Wildman–Crippen MR) is 95.5 cm³/mol. The van der Waals surface area contributed by atoms with E-state index in [2.05, 4.69) is 11.3 Å². The van der Waals surface area contributed by atoms with E-state index in [0.717, 1.165) is 36.8 Å². The first-order valence-electron chi connectivity index (χ1n) is 8.04. The third-order valence-electron chi connectivity index (χ3n) is 3.39. The number of hydrogen-bond donors (Lipinski definition) is 1. The summed E-state index contributed by atoms with van der Waals surface area (Å²) in [7, 11) is 0. The highest BCUT2D eigenvalue weighted by atomic mass is 16.5. The van der Waals surface area contributed by atoms with E-state index in [4.69, 9.17) is 5.11 Å². The van der Waals surface area contributed by atoms with E-state index in [1.165, 1.54) is 6.08 Å². The molecule has 2 aliphatic carbocycles. The van der Waals surface area contributed by atoms with Crippen molar-refractivity contribution >= 4 is 11.9 Å². The lowest BCUT2D eigenvalue weighted by molar-refractivity contribution is -0.138. The Balaban J connectivity index is 0.000000277. The molecule has 0 spiro atoms. The summed E-state index contributed by atoms with van der Waals surface area (Å²) >= 11 is 0. The highest BCUT2D eigenvalue weighted by molar-refractivity contribution is 5.93. The molecule has 0 aromatic carbocycles. The Labute approximate surface area is 143 Å². The van der Waals surface area contributed by atoms with Crippen molar-refractivity contribution < 1.29 is 19.4 Å². The molecular formula is C20H24O4. The number of allylic oxidation sites excluding steroid dienone is 8. The van der Waals surface area contributed by atoms with Gasteiger partial charge < -0.3 is 9.84 Å². The van der Waals surface area contributed by atoms with Crippen molar-refractivity contribution in [3.63, 3.8) is 0 Å². The van der Waals surface area contributed by atoms with Gasteiger partial charge in [-0.3, -0.25) is 0 Å². The summed E-state index contributed by atoms with van der Waals surface area (Å²) in [5.74, 6) is -1.18. The van der Waals surface area contributed by atoms with Gasteiger partial charge in [-0.05, 0) is 36.5 Å². The monoisotopic (exact) mass is 328 g/mol. The Morgan fingerprint density at radius 1 is 1.25 bits per heavy atom. The Hall–Kier alpha value is -2.62. The largest absolute Gasteiger partial charge is 0.478 e. The van der Waals surface area contributed by atoms with Crippen LogP contribution in [0, 0.1) is 0 Å². The summed E-state index contributed by atoms with van der Waals surface area (Å²) in [5, 5.41) is 9.11. The van der Waals surface area contributed by atoms with Gasteiger partial charge in [0.05, 0.1) is 12.2 Å². The lowest BCUT2D eigenvalue weighted by Gasteiger charge is -2.03. The lowest BCUT2D eigenvalue weighted by Crippen LogP contribution is -2.03. The summed E-state index contributed by atoms with van der Waals surface area (Å²) in [6.45, 7) is 5.82. The smallest absolute Gasteiger partial charge is 0.335 e. The summed E-state index contributed by atoms with van der Waals surface area (Å²) in [6.07, 6.45) is 18.1. The predicted octanol–water partition coefficient (Wildman–Crippen LogP) is 4.29. The fourth-order valence-corrected chi connectivity index (χ4v) is 2.07. The molecule has 0 atom stereocenters. The molecule has 0 heterocycles. The van der Waals surface area contributed by atoms with Crippen LogP contribution in [0.4, 0.5) is 0 Å². The van der Waals surface area contributed by atoms with Gasteiger partial charge in [-0.25, -0.2) is 9.59 Å². The zero-order valence-electron chi connectivity index (χ0n) is 14.0. The number of carbonyl (C=O) groups is 2. The van der Waals surface area contributed by atoms with Crippen molar-refractivity contribution in [3.8, 4) is 0 Å². The molecule has 0 saturated carbocycles. The van der Waals surface area contributed by atoms with Crippen molar-refractivity contribution in [1.29, 1.82) is 0 Å². The van der Waals surface area contributed by atoms with Crippen LogP contribution in [0.25, 0.3) is 0 Å². The van der Waals surface area contributed by atoms with Crippen LogP contribution in [0.5, 0.6) is 0 Å². The highest BCUT2D eigenvalue weighted by Gasteiger charge is 2.14. The summed E-state index contributed by atoms with van der Waals surface area (Å²) in [4.78, 5) is 21.4. The molecule has 4 nitrogen and oxygen atoms in total. The molecule has 0 unspecified atom stereocenters. The summed E-state index contributed by atoms with van der Waals surface area (Å²) in [6, 6.07) is 0. The number of carbonyl (C=O) groups excluding carboxylic acids is 1. The van der Waals surface area contributed by atoms with E-state index in [1.807, 2.05) is 43.4 Å². The number of unbranched alkanes of at least 4 members (excludes halogenated alkanes) is 1. The Kier molecular flexibility index (Phi) is 8.90. The first-order valence-corrected chi connectivity index (χ1v) is 8.04. The molecule has 0 aliphatic heterocycles. The van der Waals surface area contributed by atoms with E-state index in [9.17, 15) is 9.59 Å². The number of carboxylic acids is 1. The SMILES string of the molecule is C=CC(=O)OCCCC.O=C(O)C(=CC1=CC=CC1)C1=CC=CC1. The number of aliphatic carboxylic acids is 1. The van der Waals surface area contributed by atoms with Gasteiger partial charge in [-0.15, -0.1) is 0 Å². The van der Waals surface area contributed by atoms with Crippen molar-refractivity contribution in [1.82, 2.24) is 0 Å². The second kappa shape index (κ2) is 11.0. The van der Waals surface area contributed by atoms with Gasteiger partial charge >= 0.3 is 11.9 Å². The third-order valence-corrected chi connectivity index (χ3v) is 3.39. The zero-order valence-corrected chi connectivity index (χ0v) is 14.0. The molecule has 0 fully saturated rings. The first kappa shape index (κ1) is 19.4. The minimum absolute atomic E-state index is 0.330. The van der Waals surface area contributed by atoms with Gasteiger partial charge in [0.1, 0.15) is 0 Å². The van der Waals surface area contributed by atoms with E-state index in [-0.39, 0.29) is 5.97 Å². The van der Waals surface area contributed by atoms with Crippen LogP contribution in [-0.2, 0) is 14.3 Å². The second-order valence-corrected chi connectivity index (χ2v) is 5.29. The maximum absolute atomic E-state index is 11.1. The molecule has 0 saturated heterocycles. The number of esters is 1. The standard InChI is InChI=1S/C13H12O2.C7H12O2/c14-13(15)12(11-7-3-4-8-11)9-10-5-1-2-6-10;1-3-5-6-9-7(8)4-2/h1-5,7,9H,6,8H2,(H,14,15);4H,2-3,5-6H2,1H3. The normalized spacial score (nSPS) is 15.3. The molecule has 0 radical (unpaired) electrons. The fraction of sp³-hybridized carbons (Fsp3) is 0.300. The van der Waals surface area contributed by atoms with Gasteiger partial charge in [-0.1, -0.05) is 56.4 Å². The number of hydrogen-bond acceptors (Lipinski definition) is 3. The van der Waals surface area contributed by atoms with E-state index in [1.54, 1.807) is 6.08 Å². The maximum atomic E-state index is 11.1. The van der Waals surface area contributed by atoms with Crippen molar-refractivity contribution in [3.05, 3.63) is 71.9 Å². The molecular weight excluding hydrogens is 304 g/mol. The van der Waals surface area contributed by atoms with Crippen LogP contribution in [0.1, 0.15) is 32.6 Å². The van der Waals surface area contributed by atoms with Crippen molar-refractivity contribution in [2.45, 2.75) is 32.6 Å². The van der Waals surface area contributed by atoms with Gasteiger partial charge in [-0.2, -0.15) is 0 Å². The molecule has 128 valence electrons. The quantitative estimate of drug-likeness (QED) is 0.430. The van der Waals surface area contributed by atoms with Gasteiger partial charge in [0, 0.05) is 6.08 Å². The summed E-state index contributed by atoms with van der Waals surface area (Å²) in [5.41, 5.74) is 2.35. The lowest BCUT2D eigenvalue weighted by atomic mass is 10.0. The van der Waals surface area contributed by atoms with Crippen LogP contribution in [0.2, 0.25) is 0 Å². The van der Waals surface area contributed by atoms with Gasteiger partial charge in [0.25, 0.3) is 0 Å². The topological polar surface area (TPSA) is 63.6 Å². The second-order valence-electron chi connectivity index (χ2n) is 5.29. The van der Waals surface area contributed by atoms with Crippen LogP contribution in [-0.4, -0.2) is 23.7 Å². The Morgan fingerprint density at radius 3 is 2.46 bits per heavy atom. The Morgan fingerprint density at radius 2 is 1.96 bits per heavy atom. The van der Waals surface area contributed by atoms with Gasteiger partial charge in [0.15, 0.2) is 0 Å². The van der Waals surface area contributed by atoms with Crippen molar-refractivity contribution in [2.24, 2.45) is 0 Å². The zero-order chi connectivity index (χ0) is 17.8. The molecule has 0 aromatic rings. The molecule has 4 heteroatoms. The average molecular weight is 328 g/mol. The summed E-state index contributed by atoms with van der Waals surface area (Å²) < 4.78 is 4.67. The molecule has 0 aromatic heterocycles. The van der Waals surface area contributed by atoms with Crippen LogP contribution < -0.4 is 0 Å². The van der Waals surface area contributed by atoms with E-state index < -0.39 is 5.97 Å². The first-order chi connectivity index (χ1) is 11.6. The Bertz CT molecular complexity index is 616. The number of rotatable bonds is 7. The minimum atomic E-state index is -0.849. The van der Waals surface area contributed by atoms with Crippen LogP contribution in [0.3, 0.4) is 0 Å². The molecule has 0 bridgehead atoms. The molecule has 0 amide bonds. The maximum Gasteiger partial charge on any atom is 0.335 e. The highest BCUT2D eigenvalue weighted by Crippen LogP contribution is 2.23.